The molecule has 1 nitrogen and oxygen atoms in total. The van der Waals surface area contributed by atoms with Gasteiger partial charge in [-0.25, -0.2) is 4.39 Å². The molecule has 0 radical (unpaired) electrons. The van der Waals surface area contributed by atoms with Crippen LogP contribution < -0.4 is 4.74 Å². The average molecular weight is 423 g/mol. The first-order chi connectivity index (χ1) is 14.3. The molecule has 0 N–H and O–H groups in total. The van der Waals surface area contributed by atoms with Crippen molar-refractivity contribution in [2.24, 2.45) is 11.8 Å². The predicted octanol–water partition coefficient (Wildman–Crippen LogP) is 8.32. The van der Waals surface area contributed by atoms with Gasteiger partial charge in [-0.3, -0.25) is 0 Å². The molecular formula is C25H30F4O. The summed E-state index contributed by atoms with van der Waals surface area (Å²) < 4.78 is 54.5. The summed E-state index contributed by atoms with van der Waals surface area (Å²) in [5.74, 6) is -0.109. The standard InChI is InChI=1S/C25H30F4O/c1-2-3-4-18-5-7-19(8-6-18)9-10-20-11-13-21(14-12-20)22-15-16-24(23(26)17-22)30-25(27,28)29/h11-19H,2-10H2,1H3. The zero-order chi connectivity index (χ0) is 21.6. The molecule has 2 aromatic rings. The van der Waals surface area contributed by atoms with E-state index in [1.54, 1.807) is 0 Å². The Morgan fingerprint density at radius 3 is 2.03 bits per heavy atom. The Balaban J connectivity index is 1.51. The quantitative estimate of drug-likeness (QED) is 0.389. The minimum atomic E-state index is -4.90. The van der Waals surface area contributed by atoms with Crippen molar-refractivity contribution in [2.45, 2.75) is 71.1 Å². The van der Waals surface area contributed by atoms with Crippen molar-refractivity contribution < 1.29 is 22.3 Å². The van der Waals surface area contributed by atoms with Gasteiger partial charge in [-0.1, -0.05) is 82.2 Å². The molecule has 0 atom stereocenters. The van der Waals surface area contributed by atoms with Crippen molar-refractivity contribution in [3.8, 4) is 16.9 Å². The lowest BCUT2D eigenvalue weighted by molar-refractivity contribution is -0.275. The van der Waals surface area contributed by atoms with Gasteiger partial charge in [0.25, 0.3) is 0 Å². The van der Waals surface area contributed by atoms with E-state index in [0.29, 0.717) is 5.56 Å². The number of hydrogen-bond donors (Lipinski definition) is 0. The maximum atomic E-state index is 13.9. The van der Waals surface area contributed by atoms with Crippen molar-refractivity contribution >= 4 is 0 Å². The van der Waals surface area contributed by atoms with Crippen molar-refractivity contribution in [1.29, 1.82) is 0 Å². The molecule has 0 aromatic heterocycles. The van der Waals surface area contributed by atoms with E-state index in [2.05, 4.69) is 11.7 Å². The lowest BCUT2D eigenvalue weighted by Gasteiger charge is -2.28. The van der Waals surface area contributed by atoms with E-state index in [-0.39, 0.29) is 0 Å². The van der Waals surface area contributed by atoms with E-state index in [0.717, 1.165) is 36.0 Å². The molecule has 3 rings (SSSR count). The van der Waals surface area contributed by atoms with Crippen LogP contribution in [-0.2, 0) is 6.42 Å². The molecular weight excluding hydrogens is 392 g/mol. The van der Waals surface area contributed by atoms with Crippen LogP contribution in [0, 0.1) is 17.7 Å². The lowest BCUT2D eigenvalue weighted by atomic mass is 9.78. The second kappa shape index (κ2) is 10.3. The Bertz CT molecular complexity index is 790. The molecule has 0 amide bonds. The van der Waals surface area contributed by atoms with Crippen LogP contribution in [0.1, 0.15) is 63.9 Å². The SMILES string of the molecule is CCCCC1CCC(CCc2ccc(-c3ccc(OC(F)(F)F)c(F)c3)cc2)CC1. The van der Waals surface area contributed by atoms with Crippen molar-refractivity contribution in [3.05, 3.63) is 53.8 Å². The summed E-state index contributed by atoms with van der Waals surface area (Å²) in [6, 6.07) is 11.4. The van der Waals surface area contributed by atoms with Crippen molar-refractivity contribution in [1.82, 2.24) is 0 Å². The second-order valence-corrected chi connectivity index (χ2v) is 8.46. The fourth-order valence-corrected chi connectivity index (χ4v) is 4.42. The fraction of sp³-hybridized carbons (Fsp3) is 0.520. The molecule has 30 heavy (non-hydrogen) atoms. The first-order valence-electron chi connectivity index (χ1n) is 11.0. The maximum Gasteiger partial charge on any atom is 0.573 e. The van der Waals surface area contributed by atoms with Crippen LogP contribution in [0.15, 0.2) is 42.5 Å². The third-order valence-corrected chi connectivity index (χ3v) is 6.22. The Kier molecular flexibility index (Phi) is 7.79. The Labute approximate surface area is 176 Å². The van der Waals surface area contributed by atoms with E-state index >= 15 is 0 Å². The monoisotopic (exact) mass is 422 g/mol. The predicted molar refractivity (Wildman–Crippen MR) is 112 cm³/mol. The number of benzene rings is 2. The van der Waals surface area contributed by atoms with E-state index in [1.165, 1.54) is 63.0 Å². The van der Waals surface area contributed by atoms with Crippen molar-refractivity contribution in [2.75, 3.05) is 0 Å². The zero-order valence-electron chi connectivity index (χ0n) is 17.5. The van der Waals surface area contributed by atoms with Gasteiger partial charge < -0.3 is 4.74 Å². The van der Waals surface area contributed by atoms with Gasteiger partial charge >= 0.3 is 6.36 Å². The van der Waals surface area contributed by atoms with Gasteiger partial charge in [0.05, 0.1) is 0 Å². The zero-order valence-corrected chi connectivity index (χ0v) is 17.5. The number of hydrogen-bond acceptors (Lipinski definition) is 1. The molecule has 0 aliphatic heterocycles. The number of alkyl halides is 3. The Morgan fingerprint density at radius 1 is 0.867 bits per heavy atom. The summed E-state index contributed by atoms with van der Waals surface area (Å²) in [7, 11) is 0. The summed E-state index contributed by atoms with van der Waals surface area (Å²) in [5.41, 5.74) is 2.54. The van der Waals surface area contributed by atoms with E-state index in [1.807, 2.05) is 24.3 Å². The van der Waals surface area contributed by atoms with Crippen LogP contribution in [-0.4, -0.2) is 6.36 Å². The second-order valence-electron chi connectivity index (χ2n) is 8.46. The van der Waals surface area contributed by atoms with Gasteiger partial charge in [0.15, 0.2) is 11.6 Å². The highest BCUT2D eigenvalue weighted by Crippen LogP contribution is 2.34. The molecule has 5 heteroatoms. The van der Waals surface area contributed by atoms with E-state index < -0.39 is 17.9 Å². The lowest BCUT2D eigenvalue weighted by Crippen LogP contribution is -2.17. The summed E-state index contributed by atoms with van der Waals surface area (Å²) in [5, 5.41) is 0. The molecule has 1 aliphatic carbocycles. The van der Waals surface area contributed by atoms with Crippen LogP contribution in [0.5, 0.6) is 5.75 Å². The highest BCUT2D eigenvalue weighted by molar-refractivity contribution is 5.64. The molecule has 0 unspecified atom stereocenters. The van der Waals surface area contributed by atoms with Crippen LogP contribution in [0.25, 0.3) is 11.1 Å². The van der Waals surface area contributed by atoms with Gasteiger partial charge in [-0.05, 0) is 53.5 Å². The van der Waals surface area contributed by atoms with Gasteiger partial charge in [-0.2, -0.15) is 0 Å². The highest BCUT2D eigenvalue weighted by atomic mass is 19.4. The summed E-state index contributed by atoms with van der Waals surface area (Å²) in [6.07, 6.45) is 6.73. The molecule has 0 bridgehead atoms. The van der Waals surface area contributed by atoms with Crippen LogP contribution in [0.2, 0.25) is 0 Å². The number of aryl methyl sites for hydroxylation is 1. The first kappa shape index (κ1) is 22.6. The Morgan fingerprint density at radius 2 is 1.47 bits per heavy atom. The van der Waals surface area contributed by atoms with Gasteiger partial charge in [0.1, 0.15) is 0 Å². The number of unbranched alkanes of at least 4 members (excludes halogenated alkanes) is 1. The third kappa shape index (κ3) is 6.75. The third-order valence-electron chi connectivity index (χ3n) is 6.22. The molecule has 2 aromatic carbocycles. The minimum Gasteiger partial charge on any atom is -0.403 e. The van der Waals surface area contributed by atoms with Gasteiger partial charge in [0.2, 0.25) is 0 Å². The largest absolute Gasteiger partial charge is 0.573 e. The maximum absolute atomic E-state index is 13.9. The van der Waals surface area contributed by atoms with Crippen LogP contribution >= 0.6 is 0 Å². The molecule has 1 saturated carbocycles. The average Bonchev–Trinajstić information content (AvgIpc) is 2.72. The molecule has 0 spiro atoms. The topological polar surface area (TPSA) is 9.23 Å². The van der Waals surface area contributed by atoms with Gasteiger partial charge in [-0.15, -0.1) is 13.2 Å². The summed E-state index contributed by atoms with van der Waals surface area (Å²) >= 11 is 0. The van der Waals surface area contributed by atoms with Crippen LogP contribution in [0.3, 0.4) is 0 Å². The molecule has 0 saturated heterocycles. The Hall–Kier alpha value is -2.04. The van der Waals surface area contributed by atoms with Crippen molar-refractivity contribution in [3.63, 3.8) is 0 Å². The molecule has 0 heterocycles. The highest BCUT2D eigenvalue weighted by Gasteiger charge is 2.32. The first-order valence-corrected chi connectivity index (χ1v) is 11.0. The van der Waals surface area contributed by atoms with Gasteiger partial charge in [0, 0.05) is 0 Å². The minimum absolute atomic E-state index is 0.527. The van der Waals surface area contributed by atoms with Crippen LogP contribution in [0.4, 0.5) is 17.6 Å². The summed E-state index contributed by atoms with van der Waals surface area (Å²) in [4.78, 5) is 0. The number of rotatable bonds is 8. The van der Waals surface area contributed by atoms with E-state index in [4.69, 9.17) is 0 Å². The molecule has 164 valence electrons. The molecule has 1 fully saturated rings. The smallest absolute Gasteiger partial charge is 0.403 e. The molecule has 1 aliphatic rings. The fourth-order valence-electron chi connectivity index (χ4n) is 4.42. The summed E-state index contributed by atoms with van der Waals surface area (Å²) in [6.45, 7) is 2.25. The normalized spacial score (nSPS) is 19.6. The number of ether oxygens (including phenoxy) is 1. The number of halogens is 4. The van der Waals surface area contributed by atoms with E-state index in [9.17, 15) is 17.6 Å².